The monoisotopic (exact) mass is 383 g/mol. The van der Waals surface area contributed by atoms with Gasteiger partial charge in [-0.2, -0.15) is 11.8 Å². The maximum Gasteiger partial charge on any atom is 0.240 e. The van der Waals surface area contributed by atoms with Gasteiger partial charge in [0.1, 0.15) is 5.75 Å². The zero-order chi connectivity index (χ0) is 15.3. The summed E-state index contributed by atoms with van der Waals surface area (Å²) >= 11 is 4.68. The van der Waals surface area contributed by atoms with Crippen LogP contribution in [0.15, 0.2) is 27.6 Å². The van der Waals surface area contributed by atoms with Crippen LogP contribution in [0.3, 0.4) is 0 Å². The third-order valence-corrected chi connectivity index (χ3v) is 6.15. The number of benzene rings is 1. The Labute approximate surface area is 132 Å². The van der Waals surface area contributed by atoms with E-state index < -0.39 is 10.0 Å². The molecular formula is C12H18BrNO4S2. The average molecular weight is 384 g/mol. The van der Waals surface area contributed by atoms with Gasteiger partial charge in [0, 0.05) is 11.3 Å². The van der Waals surface area contributed by atoms with Crippen molar-refractivity contribution in [3.63, 3.8) is 0 Å². The van der Waals surface area contributed by atoms with Gasteiger partial charge < -0.3 is 9.84 Å². The van der Waals surface area contributed by atoms with Crippen LogP contribution in [0, 0.1) is 0 Å². The minimum absolute atomic E-state index is 0.0862. The second-order valence-corrected chi connectivity index (χ2v) is 7.81. The summed E-state index contributed by atoms with van der Waals surface area (Å²) < 4.78 is 32.7. The number of aliphatic hydroxyl groups excluding tert-OH is 1. The van der Waals surface area contributed by atoms with E-state index in [1.54, 1.807) is 13.0 Å². The summed E-state index contributed by atoms with van der Waals surface area (Å²) in [6.07, 6.45) is 1.83. The summed E-state index contributed by atoms with van der Waals surface area (Å²) in [5.41, 5.74) is 0. The highest BCUT2D eigenvalue weighted by Crippen LogP contribution is 2.27. The minimum atomic E-state index is -3.63. The number of hydrogen-bond donors (Lipinski definition) is 2. The van der Waals surface area contributed by atoms with Crippen molar-refractivity contribution in [2.75, 3.05) is 20.0 Å². The molecular weight excluding hydrogens is 366 g/mol. The molecule has 0 radical (unpaired) electrons. The molecule has 1 rings (SSSR count). The number of ether oxygens (including phenoxy) is 1. The molecule has 114 valence electrons. The highest BCUT2D eigenvalue weighted by Gasteiger charge is 2.23. The third-order valence-electron chi connectivity index (χ3n) is 2.81. The first-order chi connectivity index (χ1) is 9.35. The number of methoxy groups -OCH3 is 1. The van der Waals surface area contributed by atoms with Gasteiger partial charge in [-0.15, -0.1) is 0 Å². The number of nitrogens with one attached hydrogen (secondary N) is 1. The molecule has 0 bridgehead atoms. The van der Waals surface area contributed by atoms with Crippen molar-refractivity contribution in [2.45, 2.75) is 23.1 Å². The maximum absolute atomic E-state index is 12.3. The Hall–Kier alpha value is -0.280. The minimum Gasteiger partial charge on any atom is -0.496 e. The van der Waals surface area contributed by atoms with Gasteiger partial charge in [0.2, 0.25) is 10.0 Å². The molecule has 0 heterocycles. The van der Waals surface area contributed by atoms with E-state index in [0.29, 0.717) is 10.2 Å². The lowest BCUT2D eigenvalue weighted by Crippen LogP contribution is -2.41. The Bertz CT molecular complexity index is 546. The van der Waals surface area contributed by atoms with Crippen LogP contribution >= 0.6 is 27.7 Å². The van der Waals surface area contributed by atoms with Crippen molar-refractivity contribution >= 4 is 37.7 Å². The molecule has 0 fully saturated rings. The van der Waals surface area contributed by atoms with E-state index in [-0.39, 0.29) is 22.8 Å². The summed E-state index contributed by atoms with van der Waals surface area (Å²) in [7, 11) is -2.12. The molecule has 2 atom stereocenters. The van der Waals surface area contributed by atoms with E-state index in [9.17, 15) is 13.5 Å². The molecule has 5 nitrogen and oxygen atoms in total. The topological polar surface area (TPSA) is 75.6 Å². The Morgan fingerprint density at radius 1 is 1.50 bits per heavy atom. The smallest absolute Gasteiger partial charge is 0.240 e. The predicted molar refractivity (Wildman–Crippen MR) is 84.9 cm³/mol. The van der Waals surface area contributed by atoms with Crippen LogP contribution in [0.4, 0.5) is 0 Å². The van der Waals surface area contributed by atoms with Crippen LogP contribution in [0.5, 0.6) is 5.75 Å². The first-order valence-electron chi connectivity index (χ1n) is 5.85. The number of thioether (sulfide) groups is 1. The van der Waals surface area contributed by atoms with Crippen LogP contribution in [-0.4, -0.2) is 44.8 Å². The number of halogens is 1. The third kappa shape index (κ3) is 4.36. The second kappa shape index (κ2) is 7.65. The Kier molecular flexibility index (Phi) is 6.80. The lowest BCUT2D eigenvalue weighted by atomic mass is 10.3. The van der Waals surface area contributed by atoms with Gasteiger partial charge in [-0.05, 0) is 47.3 Å². The van der Waals surface area contributed by atoms with Crippen molar-refractivity contribution in [1.29, 1.82) is 0 Å². The first-order valence-corrected chi connectivity index (χ1v) is 9.41. The molecule has 0 amide bonds. The maximum atomic E-state index is 12.3. The normalized spacial score (nSPS) is 14.8. The van der Waals surface area contributed by atoms with Crippen molar-refractivity contribution in [1.82, 2.24) is 4.72 Å². The standard InChI is InChI=1S/C12H18BrNO4S2/c1-8(12(7-15)19-3)14-20(16,17)9-4-5-11(18-2)10(13)6-9/h4-6,8,12,14-15H,7H2,1-3H3. The highest BCUT2D eigenvalue weighted by molar-refractivity contribution is 9.10. The Balaban J connectivity index is 2.97. The molecule has 8 heteroatoms. The van der Waals surface area contributed by atoms with Gasteiger partial charge in [-0.3, -0.25) is 0 Å². The predicted octanol–water partition coefficient (Wildman–Crippen LogP) is 1.85. The number of rotatable bonds is 7. The highest BCUT2D eigenvalue weighted by atomic mass is 79.9. The molecule has 1 aromatic rings. The molecule has 2 N–H and O–H groups in total. The van der Waals surface area contributed by atoms with E-state index in [1.807, 2.05) is 6.26 Å². The van der Waals surface area contributed by atoms with Gasteiger partial charge in [0.25, 0.3) is 0 Å². The molecule has 0 aliphatic carbocycles. The van der Waals surface area contributed by atoms with E-state index in [0.717, 1.165) is 0 Å². The SMILES string of the molecule is COc1ccc(S(=O)(=O)NC(C)C(CO)SC)cc1Br. The van der Waals surface area contributed by atoms with Crippen molar-refractivity contribution in [3.8, 4) is 5.75 Å². The van der Waals surface area contributed by atoms with Crippen LogP contribution in [0.2, 0.25) is 0 Å². The van der Waals surface area contributed by atoms with Crippen molar-refractivity contribution < 1.29 is 18.3 Å². The zero-order valence-electron chi connectivity index (χ0n) is 11.5. The molecule has 1 aromatic carbocycles. The summed E-state index contributed by atoms with van der Waals surface area (Å²) in [6, 6.07) is 4.18. The summed E-state index contributed by atoms with van der Waals surface area (Å²) in [5, 5.41) is 9.01. The fourth-order valence-electron chi connectivity index (χ4n) is 1.64. The van der Waals surface area contributed by atoms with Gasteiger partial charge in [-0.25, -0.2) is 13.1 Å². The molecule has 0 aliphatic rings. The van der Waals surface area contributed by atoms with Crippen LogP contribution in [0.1, 0.15) is 6.92 Å². The van der Waals surface area contributed by atoms with Crippen molar-refractivity contribution in [3.05, 3.63) is 22.7 Å². The van der Waals surface area contributed by atoms with Crippen molar-refractivity contribution in [2.24, 2.45) is 0 Å². The van der Waals surface area contributed by atoms with Crippen LogP contribution < -0.4 is 9.46 Å². The first kappa shape index (κ1) is 17.8. The van der Waals surface area contributed by atoms with E-state index in [1.165, 1.54) is 31.0 Å². The van der Waals surface area contributed by atoms with E-state index in [4.69, 9.17) is 4.74 Å². The average Bonchev–Trinajstić information content (AvgIpc) is 2.39. The van der Waals surface area contributed by atoms with E-state index in [2.05, 4.69) is 20.7 Å². The molecule has 0 aliphatic heterocycles. The fourth-order valence-corrected chi connectivity index (χ4v) is 4.35. The Morgan fingerprint density at radius 2 is 2.15 bits per heavy atom. The van der Waals surface area contributed by atoms with Gasteiger partial charge >= 0.3 is 0 Å². The Morgan fingerprint density at radius 3 is 2.60 bits per heavy atom. The lowest BCUT2D eigenvalue weighted by molar-refractivity contribution is 0.282. The van der Waals surface area contributed by atoms with Crippen LogP contribution in [0.25, 0.3) is 0 Å². The van der Waals surface area contributed by atoms with Crippen LogP contribution in [-0.2, 0) is 10.0 Å². The zero-order valence-corrected chi connectivity index (χ0v) is 14.7. The number of sulfonamides is 1. The number of aliphatic hydroxyl groups is 1. The van der Waals surface area contributed by atoms with Gasteiger partial charge in [0.15, 0.2) is 0 Å². The van der Waals surface area contributed by atoms with Gasteiger partial charge in [0.05, 0.1) is 23.1 Å². The molecule has 2 unspecified atom stereocenters. The van der Waals surface area contributed by atoms with E-state index >= 15 is 0 Å². The molecule has 0 spiro atoms. The summed E-state index contributed by atoms with van der Waals surface area (Å²) in [5.74, 6) is 0.564. The largest absolute Gasteiger partial charge is 0.496 e. The molecule has 0 aromatic heterocycles. The summed E-state index contributed by atoms with van der Waals surface area (Å²) in [6.45, 7) is 1.64. The molecule has 0 saturated carbocycles. The number of hydrogen-bond acceptors (Lipinski definition) is 5. The molecule has 0 saturated heterocycles. The van der Waals surface area contributed by atoms with Gasteiger partial charge in [-0.1, -0.05) is 0 Å². The second-order valence-electron chi connectivity index (χ2n) is 4.16. The quantitative estimate of drug-likeness (QED) is 0.751. The molecule has 20 heavy (non-hydrogen) atoms. The fraction of sp³-hybridized carbons (Fsp3) is 0.500. The lowest BCUT2D eigenvalue weighted by Gasteiger charge is -2.21. The summed E-state index contributed by atoms with van der Waals surface area (Å²) in [4.78, 5) is 0.148.